The fourth-order valence-corrected chi connectivity index (χ4v) is 2.79. The lowest BCUT2D eigenvalue weighted by atomic mass is 9.98. The van der Waals surface area contributed by atoms with Gasteiger partial charge >= 0.3 is 5.97 Å². The molecule has 0 amide bonds. The second-order valence-electron chi connectivity index (χ2n) is 5.42. The molecule has 1 saturated heterocycles. The van der Waals surface area contributed by atoms with Crippen molar-refractivity contribution >= 4 is 5.97 Å². The fraction of sp³-hybridized carbons (Fsp3) is 0.562. The molecule has 1 heterocycles. The van der Waals surface area contributed by atoms with E-state index in [1.807, 2.05) is 0 Å². The lowest BCUT2D eigenvalue weighted by Crippen LogP contribution is -2.40. The lowest BCUT2D eigenvalue weighted by Gasteiger charge is -2.35. The minimum atomic E-state index is -0.111. The molecule has 1 unspecified atom stereocenters. The molecule has 0 spiro atoms. The summed E-state index contributed by atoms with van der Waals surface area (Å²) in [5.74, 6) is -0.111. The van der Waals surface area contributed by atoms with Gasteiger partial charge < -0.3 is 10.5 Å². The Kier molecular flexibility index (Phi) is 5.56. The van der Waals surface area contributed by atoms with Crippen molar-refractivity contribution in [2.45, 2.75) is 44.8 Å². The second-order valence-corrected chi connectivity index (χ2v) is 5.42. The van der Waals surface area contributed by atoms with Crippen LogP contribution in [0.25, 0.3) is 0 Å². The quantitative estimate of drug-likeness (QED) is 0.836. The Morgan fingerprint density at radius 2 is 2.00 bits per heavy atom. The number of methoxy groups -OCH3 is 1. The van der Waals surface area contributed by atoms with E-state index in [0.717, 1.165) is 25.1 Å². The first-order valence-corrected chi connectivity index (χ1v) is 7.31. The van der Waals surface area contributed by atoms with Crippen molar-refractivity contribution < 1.29 is 9.53 Å². The van der Waals surface area contributed by atoms with Crippen LogP contribution in [0.1, 0.15) is 36.8 Å². The van der Waals surface area contributed by atoms with Crippen LogP contribution in [0.4, 0.5) is 0 Å². The molecule has 1 aromatic carbocycles. The molecule has 110 valence electrons. The minimum Gasteiger partial charge on any atom is -0.469 e. The van der Waals surface area contributed by atoms with Crippen LogP contribution in [-0.4, -0.2) is 30.6 Å². The van der Waals surface area contributed by atoms with Crippen molar-refractivity contribution in [2.75, 3.05) is 13.7 Å². The third kappa shape index (κ3) is 4.05. The molecule has 0 radical (unpaired) electrons. The highest BCUT2D eigenvalue weighted by molar-refractivity contribution is 5.69. The Bertz CT molecular complexity index is 431. The van der Waals surface area contributed by atoms with Crippen LogP contribution < -0.4 is 5.73 Å². The van der Waals surface area contributed by atoms with Crippen LogP contribution >= 0.6 is 0 Å². The number of ether oxygens (including phenoxy) is 1. The molecule has 1 atom stereocenters. The maximum Gasteiger partial charge on any atom is 0.307 e. The average molecular weight is 276 g/mol. The predicted octanol–water partition coefficient (Wildman–Crippen LogP) is 2.06. The Morgan fingerprint density at radius 1 is 1.30 bits per heavy atom. The number of esters is 1. The summed E-state index contributed by atoms with van der Waals surface area (Å²) in [6, 6.07) is 8.73. The van der Waals surface area contributed by atoms with Crippen molar-refractivity contribution in [2.24, 2.45) is 5.73 Å². The maximum absolute atomic E-state index is 11.5. The van der Waals surface area contributed by atoms with E-state index < -0.39 is 0 Å². The van der Waals surface area contributed by atoms with E-state index in [4.69, 9.17) is 10.5 Å². The van der Waals surface area contributed by atoms with Gasteiger partial charge in [-0.15, -0.1) is 0 Å². The number of benzene rings is 1. The third-order valence-electron chi connectivity index (χ3n) is 4.02. The summed E-state index contributed by atoms with van der Waals surface area (Å²) in [4.78, 5) is 13.9. The van der Waals surface area contributed by atoms with Crippen molar-refractivity contribution in [1.29, 1.82) is 0 Å². The molecular formula is C16H24N2O2. The Morgan fingerprint density at radius 3 is 2.65 bits per heavy atom. The van der Waals surface area contributed by atoms with E-state index in [1.54, 1.807) is 0 Å². The van der Waals surface area contributed by atoms with E-state index in [-0.39, 0.29) is 5.97 Å². The monoisotopic (exact) mass is 276 g/mol. The highest BCUT2D eigenvalue weighted by atomic mass is 16.5. The first-order chi connectivity index (χ1) is 9.72. The maximum atomic E-state index is 11.5. The number of rotatable bonds is 5. The van der Waals surface area contributed by atoms with Crippen molar-refractivity contribution in [1.82, 2.24) is 4.90 Å². The molecule has 0 aliphatic carbocycles. The normalized spacial score (nSPS) is 19.8. The molecule has 1 fully saturated rings. The van der Waals surface area contributed by atoms with Gasteiger partial charge in [-0.2, -0.15) is 0 Å². The fourth-order valence-electron chi connectivity index (χ4n) is 2.79. The topological polar surface area (TPSA) is 55.6 Å². The molecule has 1 aliphatic heterocycles. The zero-order chi connectivity index (χ0) is 14.4. The average Bonchev–Trinajstić information content (AvgIpc) is 2.50. The minimum absolute atomic E-state index is 0.111. The summed E-state index contributed by atoms with van der Waals surface area (Å²) in [5, 5.41) is 0. The van der Waals surface area contributed by atoms with Crippen LogP contribution in [-0.2, 0) is 22.6 Å². The van der Waals surface area contributed by atoms with Crippen LogP contribution in [0.15, 0.2) is 24.3 Å². The summed E-state index contributed by atoms with van der Waals surface area (Å²) in [6.07, 6.45) is 3.98. The van der Waals surface area contributed by atoms with Gasteiger partial charge in [0.05, 0.1) is 13.5 Å². The molecular weight excluding hydrogens is 252 g/mol. The third-order valence-corrected chi connectivity index (χ3v) is 4.02. The SMILES string of the molecule is COC(=O)CC1CCCCN1Cc1ccc(CN)cc1. The van der Waals surface area contributed by atoms with E-state index in [0.29, 0.717) is 19.0 Å². The molecule has 0 aromatic heterocycles. The Labute approximate surface area is 120 Å². The second kappa shape index (κ2) is 7.41. The zero-order valence-electron chi connectivity index (χ0n) is 12.2. The number of carbonyl (C=O) groups is 1. The van der Waals surface area contributed by atoms with Crippen LogP contribution in [0.2, 0.25) is 0 Å². The van der Waals surface area contributed by atoms with Gasteiger partial charge in [0.1, 0.15) is 0 Å². The zero-order valence-corrected chi connectivity index (χ0v) is 12.2. The summed E-state index contributed by atoms with van der Waals surface area (Å²) >= 11 is 0. The highest BCUT2D eigenvalue weighted by Gasteiger charge is 2.24. The van der Waals surface area contributed by atoms with E-state index >= 15 is 0 Å². The molecule has 4 nitrogen and oxygen atoms in total. The molecule has 2 N–H and O–H groups in total. The molecule has 1 aromatic rings. The molecule has 20 heavy (non-hydrogen) atoms. The number of nitrogens with zero attached hydrogens (tertiary/aromatic N) is 1. The van der Waals surface area contributed by atoms with Crippen molar-refractivity contribution in [3.05, 3.63) is 35.4 Å². The van der Waals surface area contributed by atoms with Crippen LogP contribution in [0.5, 0.6) is 0 Å². The first-order valence-electron chi connectivity index (χ1n) is 7.31. The molecule has 0 bridgehead atoms. The molecule has 0 saturated carbocycles. The smallest absolute Gasteiger partial charge is 0.307 e. The summed E-state index contributed by atoms with van der Waals surface area (Å²) in [6.45, 7) is 2.53. The first kappa shape index (κ1) is 15.0. The molecule has 2 rings (SSSR count). The van der Waals surface area contributed by atoms with Crippen LogP contribution in [0, 0.1) is 0 Å². The van der Waals surface area contributed by atoms with Crippen molar-refractivity contribution in [3.63, 3.8) is 0 Å². The van der Waals surface area contributed by atoms with Gasteiger partial charge in [-0.3, -0.25) is 9.69 Å². The number of likely N-dealkylation sites (tertiary alicyclic amines) is 1. The number of hydrogen-bond donors (Lipinski definition) is 1. The van der Waals surface area contributed by atoms with Crippen molar-refractivity contribution in [3.8, 4) is 0 Å². The van der Waals surface area contributed by atoms with Gasteiger partial charge in [-0.25, -0.2) is 0 Å². The number of carbonyl (C=O) groups excluding carboxylic acids is 1. The number of hydrogen-bond acceptors (Lipinski definition) is 4. The van der Waals surface area contributed by atoms with Gasteiger partial charge in [0.15, 0.2) is 0 Å². The molecule has 4 heteroatoms. The summed E-state index contributed by atoms with van der Waals surface area (Å²) < 4.78 is 4.80. The number of nitrogens with two attached hydrogens (primary N) is 1. The Hall–Kier alpha value is -1.39. The van der Waals surface area contributed by atoms with E-state index in [9.17, 15) is 4.79 Å². The largest absolute Gasteiger partial charge is 0.469 e. The molecule has 1 aliphatic rings. The van der Waals surface area contributed by atoms with Gasteiger partial charge in [0, 0.05) is 19.1 Å². The van der Waals surface area contributed by atoms with Crippen LogP contribution in [0.3, 0.4) is 0 Å². The van der Waals surface area contributed by atoms with Gasteiger partial charge in [0.2, 0.25) is 0 Å². The lowest BCUT2D eigenvalue weighted by molar-refractivity contribution is -0.142. The predicted molar refractivity (Wildman–Crippen MR) is 79.0 cm³/mol. The summed E-state index contributed by atoms with van der Waals surface area (Å²) in [5.41, 5.74) is 8.04. The standard InChI is InChI=1S/C16H24N2O2/c1-20-16(19)10-15-4-2-3-9-18(15)12-14-7-5-13(11-17)6-8-14/h5-8,15H,2-4,9-12,17H2,1H3. The highest BCUT2D eigenvalue weighted by Crippen LogP contribution is 2.22. The number of piperidine rings is 1. The van der Waals surface area contributed by atoms with Gasteiger partial charge in [-0.1, -0.05) is 30.7 Å². The Balaban J connectivity index is 1.98. The summed E-state index contributed by atoms with van der Waals surface area (Å²) in [7, 11) is 1.46. The van der Waals surface area contributed by atoms with Gasteiger partial charge in [-0.05, 0) is 30.5 Å². The van der Waals surface area contributed by atoms with Gasteiger partial charge in [0.25, 0.3) is 0 Å². The van der Waals surface area contributed by atoms with E-state index in [1.165, 1.54) is 25.5 Å². The van der Waals surface area contributed by atoms with E-state index in [2.05, 4.69) is 29.2 Å².